The molecule has 190 valence electrons. The van der Waals surface area contributed by atoms with E-state index in [2.05, 4.69) is 25.3 Å². The van der Waals surface area contributed by atoms with Crippen LogP contribution in [-0.4, -0.2) is 39.7 Å². The molecule has 4 aromatic rings. The molecule has 1 N–H and O–H groups in total. The Morgan fingerprint density at radius 1 is 1.11 bits per heavy atom. The van der Waals surface area contributed by atoms with E-state index in [-0.39, 0.29) is 11.7 Å². The Kier molecular flexibility index (Phi) is 8.06. The molecule has 1 aliphatic carbocycles. The van der Waals surface area contributed by atoms with Gasteiger partial charge in [-0.1, -0.05) is 73.0 Å². The van der Waals surface area contributed by atoms with E-state index < -0.39 is 0 Å². The Morgan fingerprint density at radius 2 is 1.89 bits per heavy atom. The van der Waals surface area contributed by atoms with Crippen molar-refractivity contribution in [3.63, 3.8) is 0 Å². The summed E-state index contributed by atoms with van der Waals surface area (Å²) in [6.07, 6.45) is 7.40. The molecule has 0 saturated heterocycles. The van der Waals surface area contributed by atoms with Crippen molar-refractivity contribution in [3.8, 4) is 17.1 Å². The topological polar surface area (TPSA) is 81.4 Å². The molecule has 1 heterocycles. The monoisotopic (exact) mass is 533 g/mol. The van der Waals surface area contributed by atoms with Crippen LogP contribution in [-0.2, 0) is 4.79 Å². The van der Waals surface area contributed by atoms with Crippen molar-refractivity contribution in [2.45, 2.75) is 43.3 Å². The Morgan fingerprint density at radius 3 is 2.68 bits per heavy atom. The van der Waals surface area contributed by atoms with Crippen LogP contribution in [0.15, 0.2) is 70.9 Å². The first-order valence-corrected chi connectivity index (χ1v) is 13.7. The molecule has 0 aliphatic heterocycles. The summed E-state index contributed by atoms with van der Waals surface area (Å²) in [4.78, 5) is 12.7. The molecule has 0 spiro atoms. The quantitative estimate of drug-likeness (QED) is 0.159. The third-order valence-electron chi connectivity index (χ3n) is 6.57. The minimum absolute atomic E-state index is 0.176. The molecule has 3 aromatic carbocycles. The number of rotatable bonds is 8. The van der Waals surface area contributed by atoms with Gasteiger partial charge in [-0.25, -0.2) is 5.43 Å². The third kappa shape index (κ3) is 5.81. The van der Waals surface area contributed by atoms with Gasteiger partial charge in [0.2, 0.25) is 0 Å². The summed E-state index contributed by atoms with van der Waals surface area (Å²) in [7, 11) is 1.62. The first-order chi connectivity index (χ1) is 18.1. The standard InChI is InChI=1S/C28H28ClN5O2S/c1-36-25-16-13-19-7-5-6-10-23(19)24(25)17-30-31-26(35)18-37-28-33-32-27(20-11-14-21(29)15-12-20)34(28)22-8-3-2-4-9-22/h5-7,10-17,22H,2-4,8-9,18H2,1H3,(H,31,35)/b30-17-. The van der Waals surface area contributed by atoms with Gasteiger partial charge in [0.1, 0.15) is 5.75 Å². The maximum absolute atomic E-state index is 12.7. The predicted molar refractivity (Wildman–Crippen MR) is 150 cm³/mol. The molecule has 0 radical (unpaired) electrons. The number of hydrazone groups is 1. The number of thioether (sulfide) groups is 1. The number of benzene rings is 3. The van der Waals surface area contributed by atoms with Gasteiger partial charge in [0.25, 0.3) is 5.91 Å². The third-order valence-corrected chi connectivity index (χ3v) is 7.77. The zero-order chi connectivity index (χ0) is 25.6. The fourth-order valence-corrected chi connectivity index (χ4v) is 5.68. The molecule has 0 bridgehead atoms. The van der Waals surface area contributed by atoms with Gasteiger partial charge in [0.15, 0.2) is 11.0 Å². The van der Waals surface area contributed by atoms with Crippen molar-refractivity contribution >= 4 is 46.3 Å². The molecule has 5 rings (SSSR count). The summed E-state index contributed by atoms with van der Waals surface area (Å²) in [5.74, 6) is 1.47. The molecule has 1 fully saturated rings. The van der Waals surface area contributed by atoms with Gasteiger partial charge in [-0.15, -0.1) is 10.2 Å². The van der Waals surface area contributed by atoms with Gasteiger partial charge in [0.05, 0.1) is 19.1 Å². The number of hydrogen-bond acceptors (Lipinski definition) is 6. The molecule has 0 atom stereocenters. The number of halogens is 1. The number of methoxy groups -OCH3 is 1. The molecular formula is C28H28ClN5O2S. The Balaban J connectivity index is 1.30. The van der Waals surface area contributed by atoms with E-state index in [4.69, 9.17) is 16.3 Å². The van der Waals surface area contributed by atoms with E-state index in [1.165, 1.54) is 31.0 Å². The number of ether oxygens (including phenoxy) is 1. The smallest absolute Gasteiger partial charge is 0.250 e. The van der Waals surface area contributed by atoms with Gasteiger partial charge >= 0.3 is 0 Å². The first-order valence-electron chi connectivity index (χ1n) is 12.4. The van der Waals surface area contributed by atoms with Crippen LogP contribution in [0.25, 0.3) is 22.2 Å². The largest absolute Gasteiger partial charge is 0.496 e. The average molecular weight is 534 g/mol. The Labute approximate surface area is 225 Å². The minimum atomic E-state index is -0.216. The molecular weight excluding hydrogens is 506 g/mol. The highest BCUT2D eigenvalue weighted by Gasteiger charge is 2.24. The van der Waals surface area contributed by atoms with E-state index >= 15 is 0 Å². The second kappa shape index (κ2) is 11.8. The lowest BCUT2D eigenvalue weighted by atomic mass is 9.95. The second-order valence-corrected chi connectivity index (χ2v) is 10.3. The lowest BCUT2D eigenvalue weighted by Crippen LogP contribution is -2.21. The van der Waals surface area contributed by atoms with Crippen LogP contribution >= 0.6 is 23.4 Å². The van der Waals surface area contributed by atoms with Crippen LogP contribution in [0, 0.1) is 0 Å². The highest BCUT2D eigenvalue weighted by atomic mass is 35.5. The van der Waals surface area contributed by atoms with Gasteiger partial charge in [0, 0.05) is 22.2 Å². The predicted octanol–water partition coefficient (Wildman–Crippen LogP) is 6.51. The summed E-state index contributed by atoms with van der Waals surface area (Å²) in [5, 5.41) is 16.7. The molecule has 7 nitrogen and oxygen atoms in total. The number of nitrogens with zero attached hydrogens (tertiary/aromatic N) is 4. The second-order valence-electron chi connectivity index (χ2n) is 8.96. The number of amides is 1. The van der Waals surface area contributed by atoms with Crippen molar-refractivity contribution < 1.29 is 9.53 Å². The van der Waals surface area contributed by atoms with Crippen LogP contribution in [0.5, 0.6) is 5.75 Å². The van der Waals surface area contributed by atoms with Gasteiger partial charge in [-0.3, -0.25) is 9.36 Å². The van der Waals surface area contributed by atoms with Crippen LogP contribution in [0.1, 0.15) is 43.7 Å². The molecule has 1 amide bonds. The fraction of sp³-hybridized carbons (Fsp3) is 0.286. The number of fused-ring (bicyclic) bond motifs is 1. The number of hydrogen-bond donors (Lipinski definition) is 1. The van der Waals surface area contributed by atoms with E-state index in [0.717, 1.165) is 45.7 Å². The van der Waals surface area contributed by atoms with Crippen molar-refractivity contribution in [3.05, 3.63) is 71.2 Å². The molecule has 1 saturated carbocycles. The van der Waals surface area contributed by atoms with Crippen LogP contribution < -0.4 is 10.2 Å². The van der Waals surface area contributed by atoms with Gasteiger partial charge < -0.3 is 4.74 Å². The molecule has 1 aliphatic rings. The highest BCUT2D eigenvalue weighted by Crippen LogP contribution is 2.35. The van der Waals surface area contributed by atoms with Crippen LogP contribution in [0.3, 0.4) is 0 Å². The highest BCUT2D eigenvalue weighted by molar-refractivity contribution is 7.99. The molecule has 0 unspecified atom stereocenters. The molecule has 37 heavy (non-hydrogen) atoms. The van der Waals surface area contributed by atoms with E-state index in [1.54, 1.807) is 13.3 Å². The maximum Gasteiger partial charge on any atom is 0.250 e. The zero-order valence-electron chi connectivity index (χ0n) is 20.6. The molecule has 1 aromatic heterocycles. The minimum Gasteiger partial charge on any atom is -0.496 e. The van der Waals surface area contributed by atoms with Crippen molar-refractivity contribution in [1.29, 1.82) is 0 Å². The van der Waals surface area contributed by atoms with E-state index in [0.29, 0.717) is 16.8 Å². The summed E-state index contributed by atoms with van der Waals surface area (Å²) in [6, 6.07) is 19.9. The van der Waals surface area contributed by atoms with E-state index in [9.17, 15) is 4.79 Å². The van der Waals surface area contributed by atoms with Gasteiger partial charge in [-0.05, 0) is 53.9 Å². The Hall–Kier alpha value is -3.36. The Bertz CT molecular complexity index is 1410. The maximum atomic E-state index is 12.7. The van der Waals surface area contributed by atoms with Gasteiger partial charge in [-0.2, -0.15) is 5.10 Å². The van der Waals surface area contributed by atoms with E-state index in [1.807, 2.05) is 60.7 Å². The normalized spacial score (nSPS) is 14.3. The summed E-state index contributed by atoms with van der Waals surface area (Å²) < 4.78 is 7.70. The molecule has 9 heteroatoms. The number of nitrogens with one attached hydrogen (secondary N) is 1. The van der Waals surface area contributed by atoms with Crippen LogP contribution in [0.4, 0.5) is 0 Å². The number of carbonyl (C=O) groups excluding carboxylic acids is 1. The van der Waals surface area contributed by atoms with Crippen molar-refractivity contribution in [2.75, 3.05) is 12.9 Å². The lowest BCUT2D eigenvalue weighted by Gasteiger charge is -2.25. The first kappa shape index (κ1) is 25.3. The SMILES string of the molecule is COc1ccc2ccccc2c1/C=N\NC(=O)CSc1nnc(-c2ccc(Cl)cc2)n1C1CCCCC1. The van der Waals surface area contributed by atoms with Crippen molar-refractivity contribution in [2.24, 2.45) is 5.10 Å². The average Bonchev–Trinajstić information content (AvgIpc) is 3.37. The summed E-state index contributed by atoms with van der Waals surface area (Å²) >= 11 is 7.47. The van der Waals surface area contributed by atoms with Crippen molar-refractivity contribution in [1.82, 2.24) is 20.2 Å². The summed E-state index contributed by atoms with van der Waals surface area (Å²) in [6.45, 7) is 0. The van der Waals surface area contributed by atoms with Crippen LogP contribution in [0.2, 0.25) is 5.02 Å². The number of carbonyl (C=O) groups is 1. The lowest BCUT2D eigenvalue weighted by molar-refractivity contribution is -0.118. The number of aromatic nitrogens is 3. The zero-order valence-corrected chi connectivity index (χ0v) is 22.1. The summed E-state index contributed by atoms with van der Waals surface area (Å²) in [5.41, 5.74) is 4.43. The fourth-order valence-electron chi connectivity index (χ4n) is 4.76.